The second kappa shape index (κ2) is 9.31. The van der Waals surface area contributed by atoms with E-state index in [1.165, 1.54) is 0 Å². The lowest BCUT2D eigenvalue weighted by atomic mass is 10.1. The van der Waals surface area contributed by atoms with E-state index in [1.54, 1.807) is 4.90 Å². The Kier molecular flexibility index (Phi) is 6.79. The largest absolute Gasteiger partial charge is 0.494 e. The van der Waals surface area contributed by atoms with Crippen molar-refractivity contribution in [2.75, 3.05) is 24.7 Å². The number of rotatable bonds is 8. The Morgan fingerprint density at radius 3 is 2.24 bits per heavy atom. The van der Waals surface area contributed by atoms with Crippen molar-refractivity contribution >= 4 is 15.7 Å². The Labute approximate surface area is 172 Å². The molecule has 0 aliphatic carbocycles. The van der Waals surface area contributed by atoms with Crippen LogP contribution in [0.3, 0.4) is 0 Å². The van der Waals surface area contributed by atoms with Crippen LogP contribution in [0, 0.1) is 6.92 Å². The van der Waals surface area contributed by atoms with E-state index in [4.69, 9.17) is 9.47 Å². The van der Waals surface area contributed by atoms with E-state index in [0.717, 1.165) is 16.9 Å². The first-order chi connectivity index (χ1) is 13.9. The Hall–Kier alpha value is -2.54. The van der Waals surface area contributed by atoms with Gasteiger partial charge in [0.25, 0.3) is 5.91 Å². The second-order valence-corrected chi connectivity index (χ2v) is 9.49. The molecule has 1 atom stereocenters. The van der Waals surface area contributed by atoms with Gasteiger partial charge in [-0.05, 0) is 50.1 Å². The van der Waals surface area contributed by atoms with Gasteiger partial charge in [0.2, 0.25) is 0 Å². The maximum atomic E-state index is 12.9. The fraction of sp³-hybridized carbons (Fsp3) is 0.409. The van der Waals surface area contributed by atoms with Crippen LogP contribution in [-0.2, 0) is 21.2 Å². The van der Waals surface area contributed by atoms with Gasteiger partial charge in [0.05, 0.1) is 18.1 Å². The van der Waals surface area contributed by atoms with E-state index < -0.39 is 9.84 Å². The minimum absolute atomic E-state index is 0.000299. The number of nitrogens with zero attached hydrogens (tertiary/aromatic N) is 1. The molecular weight excluding hydrogens is 390 g/mol. The first-order valence-corrected chi connectivity index (χ1v) is 11.6. The zero-order chi connectivity index (χ0) is 20.9. The molecule has 1 amide bonds. The summed E-state index contributed by atoms with van der Waals surface area (Å²) in [5.74, 6) is 1.27. The SMILES string of the molecule is CCOc1ccc(CN(C(=O)COc2ccc(C)cc2)C2CCS(=O)(=O)C2)cc1. The number of benzene rings is 2. The minimum Gasteiger partial charge on any atom is -0.494 e. The summed E-state index contributed by atoms with van der Waals surface area (Å²) in [7, 11) is -3.11. The van der Waals surface area contributed by atoms with Gasteiger partial charge in [0.1, 0.15) is 11.5 Å². The molecule has 1 fully saturated rings. The van der Waals surface area contributed by atoms with Crippen molar-refractivity contribution in [3.8, 4) is 11.5 Å². The number of sulfone groups is 1. The van der Waals surface area contributed by atoms with Crippen molar-refractivity contribution in [3.05, 3.63) is 59.7 Å². The van der Waals surface area contributed by atoms with Crippen molar-refractivity contribution in [2.45, 2.75) is 32.9 Å². The number of aryl methyl sites for hydroxylation is 1. The van der Waals surface area contributed by atoms with Crippen LogP contribution in [0.1, 0.15) is 24.5 Å². The van der Waals surface area contributed by atoms with Gasteiger partial charge in [-0.2, -0.15) is 0 Å². The normalized spacial score (nSPS) is 17.7. The lowest BCUT2D eigenvalue weighted by Gasteiger charge is -2.28. The van der Waals surface area contributed by atoms with Crippen molar-refractivity contribution in [2.24, 2.45) is 0 Å². The lowest BCUT2D eigenvalue weighted by Crippen LogP contribution is -2.43. The summed E-state index contributed by atoms with van der Waals surface area (Å²) in [6, 6.07) is 14.7. The van der Waals surface area contributed by atoms with Gasteiger partial charge in [-0.15, -0.1) is 0 Å². The molecule has 0 aromatic heterocycles. The van der Waals surface area contributed by atoms with E-state index in [1.807, 2.05) is 62.4 Å². The average Bonchev–Trinajstić information content (AvgIpc) is 3.06. The third-order valence-corrected chi connectivity index (χ3v) is 6.69. The van der Waals surface area contributed by atoms with Gasteiger partial charge in [0.15, 0.2) is 16.4 Å². The summed E-state index contributed by atoms with van der Waals surface area (Å²) in [6.07, 6.45) is 0.454. The highest BCUT2D eigenvalue weighted by Gasteiger charge is 2.34. The lowest BCUT2D eigenvalue weighted by molar-refractivity contribution is -0.136. The molecule has 156 valence electrons. The predicted octanol–water partition coefficient (Wildman–Crippen LogP) is 2.99. The average molecular weight is 418 g/mol. The summed E-state index contributed by atoms with van der Waals surface area (Å²) in [5, 5.41) is 0. The number of hydrogen-bond donors (Lipinski definition) is 0. The molecule has 6 nitrogen and oxygen atoms in total. The van der Waals surface area contributed by atoms with Gasteiger partial charge >= 0.3 is 0 Å². The summed E-state index contributed by atoms with van der Waals surface area (Å²) >= 11 is 0. The summed E-state index contributed by atoms with van der Waals surface area (Å²) in [4.78, 5) is 14.6. The number of hydrogen-bond acceptors (Lipinski definition) is 5. The van der Waals surface area contributed by atoms with Crippen LogP contribution in [0.5, 0.6) is 11.5 Å². The first-order valence-electron chi connectivity index (χ1n) is 9.77. The summed E-state index contributed by atoms with van der Waals surface area (Å²) in [6.45, 7) is 4.69. The summed E-state index contributed by atoms with van der Waals surface area (Å²) in [5.41, 5.74) is 2.03. The van der Waals surface area contributed by atoms with Crippen molar-refractivity contribution in [1.29, 1.82) is 0 Å². The molecule has 1 aliphatic rings. The van der Waals surface area contributed by atoms with Gasteiger partial charge in [0, 0.05) is 12.6 Å². The van der Waals surface area contributed by atoms with E-state index >= 15 is 0 Å². The van der Waals surface area contributed by atoms with Gasteiger partial charge in [-0.1, -0.05) is 29.8 Å². The van der Waals surface area contributed by atoms with E-state index in [9.17, 15) is 13.2 Å². The molecule has 0 spiro atoms. The fourth-order valence-electron chi connectivity index (χ4n) is 3.36. The zero-order valence-corrected chi connectivity index (χ0v) is 17.7. The minimum atomic E-state index is -3.11. The molecule has 1 heterocycles. The molecule has 7 heteroatoms. The number of amides is 1. The molecule has 3 rings (SSSR count). The van der Waals surface area contributed by atoms with Gasteiger partial charge in [-0.25, -0.2) is 8.42 Å². The molecule has 0 radical (unpaired) electrons. The standard InChI is InChI=1S/C22H27NO5S/c1-3-27-20-10-6-18(7-11-20)14-23(19-12-13-29(25,26)16-19)22(24)15-28-21-8-4-17(2)5-9-21/h4-11,19H,3,12-16H2,1-2H3. The van der Waals surface area contributed by atoms with Crippen LogP contribution < -0.4 is 9.47 Å². The van der Waals surface area contributed by atoms with Crippen LogP contribution in [0.15, 0.2) is 48.5 Å². The molecule has 0 saturated carbocycles. The van der Waals surface area contributed by atoms with Crippen molar-refractivity contribution in [3.63, 3.8) is 0 Å². The van der Waals surface area contributed by atoms with Crippen LogP contribution in [-0.4, -0.2) is 50.0 Å². The number of carbonyl (C=O) groups excluding carboxylic acids is 1. The molecule has 0 N–H and O–H groups in total. The second-order valence-electron chi connectivity index (χ2n) is 7.26. The Balaban J connectivity index is 1.71. The third-order valence-electron chi connectivity index (χ3n) is 4.94. The van der Waals surface area contributed by atoms with E-state index in [2.05, 4.69) is 0 Å². The number of carbonyl (C=O) groups is 1. The Morgan fingerprint density at radius 2 is 1.66 bits per heavy atom. The molecule has 0 bridgehead atoms. The molecule has 1 aliphatic heterocycles. The number of ether oxygens (including phenoxy) is 2. The topological polar surface area (TPSA) is 72.9 Å². The van der Waals surface area contributed by atoms with Crippen molar-refractivity contribution in [1.82, 2.24) is 4.90 Å². The van der Waals surface area contributed by atoms with Gasteiger partial charge < -0.3 is 14.4 Å². The Bertz CT molecular complexity index is 923. The molecule has 1 unspecified atom stereocenters. The summed E-state index contributed by atoms with van der Waals surface area (Å²) < 4.78 is 35.0. The fourth-order valence-corrected chi connectivity index (χ4v) is 5.09. The first kappa shape index (κ1) is 21.2. The van der Waals surface area contributed by atoms with Crippen LogP contribution in [0.4, 0.5) is 0 Å². The van der Waals surface area contributed by atoms with Crippen molar-refractivity contribution < 1.29 is 22.7 Å². The molecular formula is C22H27NO5S. The quantitative estimate of drug-likeness (QED) is 0.660. The highest BCUT2D eigenvalue weighted by atomic mass is 32.2. The van der Waals surface area contributed by atoms with Gasteiger partial charge in [-0.3, -0.25) is 4.79 Å². The molecule has 1 saturated heterocycles. The van der Waals surface area contributed by atoms with Crippen LogP contribution in [0.2, 0.25) is 0 Å². The van der Waals surface area contributed by atoms with Crippen LogP contribution in [0.25, 0.3) is 0 Å². The van der Waals surface area contributed by atoms with Crippen LogP contribution >= 0.6 is 0 Å². The maximum absolute atomic E-state index is 12.9. The smallest absolute Gasteiger partial charge is 0.261 e. The zero-order valence-electron chi connectivity index (χ0n) is 16.8. The molecule has 2 aromatic carbocycles. The van der Waals surface area contributed by atoms with E-state index in [-0.39, 0.29) is 30.1 Å². The highest BCUT2D eigenvalue weighted by molar-refractivity contribution is 7.91. The Morgan fingerprint density at radius 1 is 1.03 bits per heavy atom. The predicted molar refractivity (Wildman–Crippen MR) is 112 cm³/mol. The third kappa shape index (κ3) is 5.97. The highest BCUT2D eigenvalue weighted by Crippen LogP contribution is 2.22. The monoisotopic (exact) mass is 417 g/mol. The maximum Gasteiger partial charge on any atom is 0.261 e. The molecule has 2 aromatic rings. The molecule has 29 heavy (non-hydrogen) atoms. The van der Waals surface area contributed by atoms with E-state index in [0.29, 0.717) is 25.3 Å².